The molecule has 0 aromatic heterocycles. The predicted molar refractivity (Wildman–Crippen MR) is 102 cm³/mol. The number of carbonyl (C=O) groups is 2. The summed E-state index contributed by atoms with van der Waals surface area (Å²) in [6.45, 7) is 1.80. The van der Waals surface area contributed by atoms with Crippen molar-refractivity contribution in [3.05, 3.63) is 53.6 Å². The SMILES string of the molecule is COc1ccc(OCC(=O)Nc2cccc(CSCC(=O)O)c2)cc1C. The molecule has 2 rings (SSSR count). The second kappa shape index (κ2) is 9.72. The molecule has 0 saturated carbocycles. The Morgan fingerprint density at radius 2 is 2.00 bits per heavy atom. The van der Waals surface area contributed by atoms with Crippen LogP contribution in [0.25, 0.3) is 0 Å². The highest BCUT2D eigenvalue weighted by atomic mass is 32.2. The van der Waals surface area contributed by atoms with Crippen LogP contribution >= 0.6 is 11.8 Å². The maximum Gasteiger partial charge on any atom is 0.313 e. The molecule has 0 saturated heterocycles. The quantitative estimate of drug-likeness (QED) is 0.699. The lowest BCUT2D eigenvalue weighted by molar-refractivity contribution is -0.133. The highest BCUT2D eigenvalue weighted by Crippen LogP contribution is 2.23. The molecule has 0 radical (unpaired) electrons. The Balaban J connectivity index is 1.85. The zero-order chi connectivity index (χ0) is 18.9. The van der Waals surface area contributed by atoms with E-state index >= 15 is 0 Å². The van der Waals surface area contributed by atoms with Gasteiger partial charge in [0.15, 0.2) is 6.61 Å². The first-order chi connectivity index (χ1) is 12.5. The van der Waals surface area contributed by atoms with E-state index in [4.69, 9.17) is 14.6 Å². The average Bonchev–Trinajstić information content (AvgIpc) is 2.60. The molecule has 6 nitrogen and oxygen atoms in total. The van der Waals surface area contributed by atoms with Gasteiger partial charge in [0, 0.05) is 11.4 Å². The first-order valence-corrected chi connectivity index (χ1v) is 9.09. The molecule has 1 amide bonds. The van der Waals surface area contributed by atoms with Crippen LogP contribution in [0.1, 0.15) is 11.1 Å². The summed E-state index contributed by atoms with van der Waals surface area (Å²) in [5.41, 5.74) is 2.52. The molecule has 0 aliphatic carbocycles. The van der Waals surface area contributed by atoms with E-state index < -0.39 is 5.97 Å². The summed E-state index contributed by atoms with van der Waals surface area (Å²) in [7, 11) is 1.60. The molecule has 26 heavy (non-hydrogen) atoms. The number of nitrogens with one attached hydrogen (secondary N) is 1. The van der Waals surface area contributed by atoms with Crippen LogP contribution < -0.4 is 14.8 Å². The van der Waals surface area contributed by atoms with E-state index in [1.807, 2.05) is 31.2 Å². The van der Waals surface area contributed by atoms with Crippen LogP contribution in [0, 0.1) is 6.92 Å². The van der Waals surface area contributed by atoms with Crippen LogP contribution in [-0.4, -0.2) is 36.5 Å². The molecule has 0 aliphatic rings. The third-order valence-corrected chi connectivity index (χ3v) is 4.43. The van der Waals surface area contributed by atoms with Gasteiger partial charge in [0.05, 0.1) is 12.9 Å². The highest BCUT2D eigenvalue weighted by molar-refractivity contribution is 7.99. The van der Waals surface area contributed by atoms with Gasteiger partial charge in [-0.2, -0.15) is 0 Å². The number of aliphatic carboxylic acids is 1. The Labute approximate surface area is 156 Å². The number of ether oxygens (including phenoxy) is 2. The fraction of sp³-hybridized carbons (Fsp3) is 0.263. The average molecular weight is 375 g/mol. The van der Waals surface area contributed by atoms with Crippen LogP contribution in [0.15, 0.2) is 42.5 Å². The topological polar surface area (TPSA) is 84.9 Å². The summed E-state index contributed by atoms with van der Waals surface area (Å²) in [5.74, 6) is 0.861. The summed E-state index contributed by atoms with van der Waals surface area (Å²) in [4.78, 5) is 22.6. The van der Waals surface area contributed by atoms with Crippen molar-refractivity contribution in [2.24, 2.45) is 0 Å². The molecule has 0 bridgehead atoms. The molecule has 0 fully saturated rings. The fourth-order valence-corrected chi connectivity index (χ4v) is 2.97. The number of hydrogen-bond acceptors (Lipinski definition) is 5. The number of carboxylic acid groups (broad SMARTS) is 1. The van der Waals surface area contributed by atoms with Crippen molar-refractivity contribution in [3.8, 4) is 11.5 Å². The number of benzene rings is 2. The zero-order valence-electron chi connectivity index (χ0n) is 14.7. The van der Waals surface area contributed by atoms with E-state index in [2.05, 4.69) is 5.32 Å². The third-order valence-electron chi connectivity index (χ3n) is 3.44. The smallest absolute Gasteiger partial charge is 0.313 e. The first kappa shape index (κ1) is 19.7. The van der Waals surface area contributed by atoms with Gasteiger partial charge in [-0.3, -0.25) is 9.59 Å². The van der Waals surface area contributed by atoms with E-state index in [0.29, 0.717) is 17.2 Å². The van der Waals surface area contributed by atoms with Gasteiger partial charge in [-0.15, -0.1) is 11.8 Å². The van der Waals surface area contributed by atoms with Gasteiger partial charge in [-0.25, -0.2) is 0 Å². The maximum absolute atomic E-state index is 12.1. The first-order valence-electron chi connectivity index (χ1n) is 7.93. The Bertz CT molecular complexity index is 778. The summed E-state index contributed by atoms with van der Waals surface area (Å²) in [6, 6.07) is 12.7. The Morgan fingerprint density at radius 3 is 2.69 bits per heavy atom. The summed E-state index contributed by atoms with van der Waals surface area (Å²) >= 11 is 1.31. The normalized spacial score (nSPS) is 10.2. The molecule has 0 unspecified atom stereocenters. The Hall–Kier alpha value is -2.67. The third kappa shape index (κ3) is 6.33. The second-order valence-corrected chi connectivity index (χ2v) is 6.54. The molecule has 0 atom stereocenters. The standard InChI is InChI=1S/C19H21NO5S/c1-13-8-16(6-7-17(13)24-2)25-10-18(21)20-15-5-3-4-14(9-15)11-26-12-19(22)23/h3-9H,10-12H2,1-2H3,(H,20,21)(H,22,23). The van der Waals surface area contributed by atoms with E-state index in [1.54, 1.807) is 25.3 Å². The number of aryl methyl sites for hydroxylation is 1. The molecular formula is C19H21NO5S. The molecule has 7 heteroatoms. The maximum atomic E-state index is 12.1. The van der Waals surface area contributed by atoms with Crippen LogP contribution in [0.3, 0.4) is 0 Å². The fourth-order valence-electron chi connectivity index (χ4n) is 2.28. The van der Waals surface area contributed by atoms with Crippen molar-refractivity contribution in [2.75, 3.05) is 24.8 Å². The van der Waals surface area contributed by atoms with E-state index in [9.17, 15) is 9.59 Å². The Morgan fingerprint density at radius 1 is 1.19 bits per heavy atom. The summed E-state index contributed by atoms with van der Waals surface area (Å²) in [5, 5.41) is 11.4. The van der Waals surface area contributed by atoms with Gasteiger partial charge < -0.3 is 19.9 Å². The lowest BCUT2D eigenvalue weighted by Crippen LogP contribution is -2.20. The van der Waals surface area contributed by atoms with Crippen molar-refractivity contribution in [1.29, 1.82) is 0 Å². The summed E-state index contributed by atoms with van der Waals surface area (Å²) < 4.78 is 10.7. The number of hydrogen-bond donors (Lipinski definition) is 2. The number of rotatable bonds is 9. The van der Waals surface area contributed by atoms with E-state index in [0.717, 1.165) is 16.9 Å². The van der Waals surface area contributed by atoms with Crippen LogP contribution in [0.5, 0.6) is 11.5 Å². The molecule has 0 heterocycles. The van der Waals surface area contributed by atoms with Crippen molar-refractivity contribution >= 4 is 29.3 Å². The molecule has 138 valence electrons. The molecule has 2 aromatic carbocycles. The molecule has 0 spiro atoms. The monoisotopic (exact) mass is 375 g/mol. The molecule has 0 aliphatic heterocycles. The lowest BCUT2D eigenvalue weighted by Gasteiger charge is -2.10. The van der Waals surface area contributed by atoms with Crippen LogP contribution in [-0.2, 0) is 15.3 Å². The van der Waals surface area contributed by atoms with Crippen LogP contribution in [0.2, 0.25) is 0 Å². The predicted octanol–water partition coefficient (Wildman–Crippen LogP) is 3.34. The number of carbonyl (C=O) groups excluding carboxylic acids is 1. The van der Waals surface area contributed by atoms with Crippen molar-refractivity contribution in [3.63, 3.8) is 0 Å². The number of anilines is 1. The Kier molecular flexibility index (Phi) is 7.35. The molecule has 2 aromatic rings. The lowest BCUT2D eigenvalue weighted by atomic mass is 10.2. The van der Waals surface area contributed by atoms with Gasteiger partial charge in [0.25, 0.3) is 5.91 Å². The van der Waals surface area contributed by atoms with Crippen molar-refractivity contribution in [1.82, 2.24) is 0 Å². The summed E-state index contributed by atoms with van der Waals surface area (Å²) in [6.07, 6.45) is 0. The molecule has 2 N–H and O–H groups in total. The minimum atomic E-state index is -0.842. The van der Waals surface area contributed by atoms with Gasteiger partial charge in [-0.05, 0) is 48.4 Å². The zero-order valence-corrected chi connectivity index (χ0v) is 15.5. The van der Waals surface area contributed by atoms with E-state index in [1.165, 1.54) is 11.8 Å². The number of carboxylic acids is 1. The largest absolute Gasteiger partial charge is 0.496 e. The number of thioether (sulfide) groups is 1. The second-order valence-electron chi connectivity index (χ2n) is 5.56. The number of amides is 1. The van der Waals surface area contributed by atoms with Gasteiger partial charge in [0.2, 0.25) is 0 Å². The minimum Gasteiger partial charge on any atom is -0.496 e. The highest BCUT2D eigenvalue weighted by Gasteiger charge is 2.07. The van der Waals surface area contributed by atoms with Crippen molar-refractivity contribution in [2.45, 2.75) is 12.7 Å². The van der Waals surface area contributed by atoms with Gasteiger partial charge >= 0.3 is 5.97 Å². The van der Waals surface area contributed by atoms with Crippen LogP contribution in [0.4, 0.5) is 5.69 Å². The van der Waals surface area contributed by atoms with Gasteiger partial charge in [-0.1, -0.05) is 12.1 Å². The molecular weight excluding hydrogens is 354 g/mol. The van der Waals surface area contributed by atoms with E-state index in [-0.39, 0.29) is 18.3 Å². The van der Waals surface area contributed by atoms with Crippen molar-refractivity contribution < 1.29 is 24.2 Å². The van der Waals surface area contributed by atoms with Gasteiger partial charge in [0.1, 0.15) is 11.5 Å². The minimum absolute atomic E-state index is 0.0473. The number of methoxy groups -OCH3 is 1.